The van der Waals surface area contributed by atoms with Gasteiger partial charge in [-0.1, -0.05) is 6.42 Å². The number of carboxylic acids is 1. The molecule has 1 aromatic heterocycles. The van der Waals surface area contributed by atoms with E-state index in [4.69, 9.17) is 0 Å². The number of amides is 2. The number of aliphatic carboxylic acids is 1. The summed E-state index contributed by atoms with van der Waals surface area (Å²) in [6.45, 7) is 2.26. The summed E-state index contributed by atoms with van der Waals surface area (Å²) in [5.74, 6) is -0.835. The Balaban J connectivity index is 1.78. The maximum Gasteiger partial charge on any atom is 0.315 e. The lowest BCUT2D eigenvalue weighted by atomic mass is 9.85. The molecule has 0 aliphatic heterocycles. The Bertz CT molecular complexity index is 475. The monoisotopic (exact) mass is 296 g/mol. The first-order chi connectivity index (χ1) is 9.52. The Hall–Kier alpha value is -1.56. The maximum atomic E-state index is 11.8. The van der Waals surface area contributed by atoms with Crippen LogP contribution >= 0.6 is 11.3 Å². The van der Waals surface area contributed by atoms with Gasteiger partial charge in [-0.2, -0.15) is 11.3 Å². The first kappa shape index (κ1) is 14.8. The normalized spacial score (nSPS) is 25.4. The molecule has 110 valence electrons. The Kier molecular flexibility index (Phi) is 4.65. The van der Waals surface area contributed by atoms with Gasteiger partial charge in [-0.25, -0.2) is 4.79 Å². The number of nitrogens with one attached hydrogen (secondary N) is 2. The summed E-state index contributed by atoms with van der Waals surface area (Å²) >= 11 is 1.63. The summed E-state index contributed by atoms with van der Waals surface area (Å²) in [5, 5.41) is 18.9. The fraction of sp³-hybridized carbons (Fsp3) is 0.571. The molecule has 1 aromatic rings. The zero-order valence-corrected chi connectivity index (χ0v) is 12.3. The molecule has 0 radical (unpaired) electrons. The van der Waals surface area contributed by atoms with Crippen LogP contribution in [0.25, 0.3) is 0 Å². The number of hydrogen-bond acceptors (Lipinski definition) is 3. The van der Waals surface area contributed by atoms with Gasteiger partial charge in [0.05, 0.1) is 5.41 Å². The fourth-order valence-corrected chi connectivity index (χ4v) is 3.32. The van der Waals surface area contributed by atoms with Crippen LogP contribution in [0.1, 0.15) is 31.7 Å². The topological polar surface area (TPSA) is 78.4 Å². The Morgan fingerprint density at radius 1 is 1.55 bits per heavy atom. The standard InChI is InChI=1S/C14H20N2O3S/c1-14(12(17)18)6-2-3-11(14)16-13(19)15-7-4-10-5-8-20-9-10/h5,8-9,11H,2-4,6-7H2,1H3,(H,17,18)(H2,15,16,19). The van der Waals surface area contributed by atoms with Crippen molar-refractivity contribution in [3.8, 4) is 0 Å². The van der Waals surface area contributed by atoms with E-state index in [-0.39, 0.29) is 12.1 Å². The second-order valence-corrected chi connectivity index (χ2v) is 6.23. The predicted molar refractivity (Wildman–Crippen MR) is 77.9 cm³/mol. The van der Waals surface area contributed by atoms with E-state index < -0.39 is 11.4 Å². The molecule has 0 bridgehead atoms. The third-order valence-electron chi connectivity index (χ3n) is 4.03. The first-order valence-electron chi connectivity index (χ1n) is 6.81. The van der Waals surface area contributed by atoms with E-state index in [1.54, 1.807) is 18.3 Å². The molecule has 20 heavy (non-hydrogen) atoms. The van der Waals surface area contributed by atoms with E-state index in [9.17, 15) is 14.7 Å². The van der Waals surface area contributed by atoms with E-state index in [0.29, 0.717) is 13.0 Å². The molecule has 2 rings (SSSR count). The van der Waals surface area contributed by atoms with Crippen molar-refractivity contribution in [2.75, 3.05) is 6.54 Å². The summed E-state index contributed by atoms with van der Waals surface area (Å²) in [6, 6.07) is 1.46. The number of thiophene rings is 1. The Morgan fingerprint density at radius 2 is 2.35 bits per heavy atom. The lowest BCUT2D eigenvalue weighted by Gasteiger charge is -2.27. The molecule has 1 saturated carbocycles. The van der Waals surface area contributed by atoms with Crippen LogP contribution in [0.5, 0.6) is 0 Å². The number of rotatable bonds is 5. The van der Waals surface area contributed by atoms with Crippen molar-refractivity contribution in [1.82, 2.24) is 10.6 Å². The van der Waals surface area contributed by atoms with E-state index in [1.807, 2.05) is 11.4 Å². The largest absolute Gasteiger partial charge is 0.481 e. The minimum Gasteiger partial charge on any atom is -0.481 e. The Labute approximate surface area is 122 Å². The molecular weight excluding hydrogens is 276 g/mol. The van der Waals surface area contributed by atoms with Crippen molar-refractivity contribution in [3.63, 3.8) is 0 Å². The van der Waals surface area contributed by atoms with Crippen LogP contribution in [0.15, 0.2) is 16.8 Å². The van der Waals surface area contributed by atoms with E-state index in [0.717, 1.165) is 19.3 Å². The molecule has 1 aliphatic carbocycles. The van der Waals surface area contributed by atoms with Gasteiger partial charge in [0.1, 0.15) is 0 Å². The second-order valence-electron chi connectivity index (χ2n) is 5.45. The van der Waals surface area contributed by atoms with Gasteiger partial charge in [-0.05, 0) is 48.6 Å². The molecule has 0 aromatic carbocycles. The van der Waals surface area contributed by atoms with Crippen LogP contribution in [-0.4, -0.2) is 29.7 Å². The second kappa shape index (κ2) is 6.26. The number of carboxylic acid groups (broad SMARTS) is 1. The molecule has 1 heterocycles. The summed E-state index contributed by atoms with van der Waals surface area (Å²) in [6.07, 6.45) is 2.96. The third-order valence-corrected chi connectivity index (χ3v) is 4.76. The van der Waals surface area contributed by atoms with Crippen LogP contribution in [0.2, 0.25) is 0 Å². The number of hydrogen-bond donors (Lipinski definition) is 3. The van der Waals surface area contributed by atoms with Gasteiger partial charge in [0.2, 0.25) is 0 Å². The van der Waals surface area contributed by atoms with E-state index >= 15 is 0 Å². The molecule has 1 fully saturated rings. The van der Waals surface area contributed by atoms with E-state index in [2.05, 4.69) is 16.0 Å². The highest BCUT2D eigenvalue weighted by Crippen LogP contribution is 2.38. The highest BCUT2D eigenvalue weighted by atomic mass is 32.1. The van der Waals surface area contributed by atoms with Gasteiger partial charge in [0, 0.05) is 12.6 Å². The smallest absolute Gasteiger partial charge is 0.315 e. The lowest BCUT2D eigenvalue weighted by molar-refractivity contribution is -0.148. The van der Waals surface area contributed by atoms with Crippen molar-refractivity contribution in [2.45, 2.75) is 38.6 Å². The molecule has 2 amide bonds. The molecule has 3 N–H and O–H groups in total. The Morgan fingerprint density at radius 3 is 3.00 bits per heavy atom. The summed E-state index contributed by atoms with van der Waals surface area (Å²) in [5.41, 5.74) is 0.358. The first-order valence-corrected chi connectivity index (χ1v) is 7.75. The van der Waals surface area contributed by atoms with Crippen LogP contribution < -0.4 is 10.6 Å². The molecule has 0 spiro atoms. The molecule has 2 unspecified atom stereocenters. The average Bonchev–Trinajstić information content (AvgIpc) is 3.01. The van der Waals surface area contributed by atoms with Gasteiger partial charge in [-0.15, -0.1) is 0 Å². The lowest BCUT2D eigenvalue weighted by Crippen LogP contribution is -2.50. The quantitative estimate of drug-likeness (QED) is 0.779. The van der Waals surface area contributed by atoms with E-state index in [1.165, 1.54) is 5.56 Å². The number of carbonyl (C=O) groups excluding carboxylic acids is 1. The average molecular weight is 296 g/mol. The van der Waals surface area contributed by atoms with Gasteiger partial charge >= 0.3 is 12.0 Å². The van der Waals surface area contributed by atoms with Crippen molar-refractivity contribution >= 4 is 23.3 Å². The molecule has 1 aliphatic rings. The summed E-state index contributed by atoms with van der Waals surface area (Å²) in [4.78, 5) is 23.1. The zero-order valence-electron chi connectivity index (χ0n) is 11.5. The number of urea groups is 1. The minimum absolute atomic E-state index is 0.278. The molecule has 2 atom stereocenters. The highest BCUT2D eigenvalue weighted by molar-refractivity contribution is 7.07. The van der Waals surface area contributed by atoms with Gasteiger partial charge in [0.25, 0.3) is 0 Å². The van der Waals surface area contributed by atoms with Crippen molar-refractivity contribution in [3.05, 3.63) is 22.4 Å². The van der Waals surface area contributed by atoms with Crippen LogP contribution in [0.4, 0.5) is 4.79 Å². The maximum absolute atomic E-state index is 11.8. The highest BCUT2D eigenvalue weighted by Gasteiger charge is 2.45. The molecule has 0 saturated heterocycles. The van der Waals surface area contributed by atoms with Crippen molar-refractivity contribution in [2.24, 2.45) is 5.41 Å². The SMILES string of the molecule is CC1(C(=O)O)CCCC1NC(=O)NCCc1ccsc1. The minimum atomic E-state index is -0.843. The van der Waals surface area contributed by atoms with Crippen LogP contribution in [-0.2, 0) is 11.2 Å². The fourth-order valence-electron chi connectivity index (χ4n) is 2.62. The zero-order chi connectivity index (χ0) is 14.6. The summed E-state index contributed by atoms with van der Waals surface area (Å²) < 4.78 is 0. The van der Waals surface area contributed by atoms with Gasteiger partial charge in [-0.3, -0.25) is 4.79 Å². The molecule has 5 nitrogen and oxygen atoms in total. The van der Waals surface area contributed by atoms with Gasteiger partial charge < -0.3 is 15.7 Å². The third kappa shape index (κ3) is 3.30. The molecule has 6 heteroatoms. The van der Waals surface area contributed by atoms with Crippen LogP contribution in [0.3, 0.4) is 0 Å². The molecular formula is C14H20N2O3S. The predicted octanol–water partition coefficient (Wildman–Crippen LogP) is 2.23. The van der Waals surface area contributed by atoms with Crippen LogP contribution in [0, 0.1) is 5.41 Å². The van der Waals surface area contributed by atoms with Crippen molar-refractivity contribution in [1.29, 1.82) is 0 Å². The number of carbonyl (C=O) groups is 2. The van der Waals surface area contributed by atoms with Gasteiger partial charge in [0.15, 0.2) is 0 Å². The van der Waals surface area contributed by atoms with Crippen molar-refractivity contribution < 1.29 is 14.7 Å². The summed E-state index contributed by atoms with van der Waals surface area (Å²) in [7, 11) is 0.